The van der Waals surface area contributed by atoms with Crippen LogP contribution < -0.4 is 0 Å². The molecule has 2 aromatic carbocycles. The van der Waals surface area contributed by atoms with Crippen molar-refractivity contribution in [3.63, 3.8) is 0 Å². The lowest BCUT2D eigenvalue weighted by atomic mass is 9.63. The maximum Gasteiger partial charge on any atom is 0.127 e. The van der Waals surface area contributed by atoms with Gasteiger partial charge in [0.1, 0.15) is 5.75 Å². The molecule has 0 radical (unpaired) electrons. The quantitative estimate of drug-likeness (QED) is 0.623. The van der Waals surface area contributed by atoms with E-state index in [-0.39, 0.29) is 10.8 Å². The lowest BCUT2D eigenvalue weighted by molar-refractivity contribution is 0.332. The van der Waals surface area contributed by atoms with Crippen molar-refractivity contribution in [2.24, 2.45) is 0 Å². The second-order valence-electron chi connectivity index (χ2n) is 7.72. The third-order valence-corrected chi connectivity index (χ3v) is 6.10. The SMILES string of the molecule is Cc1c(Br)cc2cc3c(cc2c1O)C(C)(C)CCC3(C)C. The molecule has 21 heavy (non-hydrogen) atoms. The van der Waals surface area contributed by atoms with Crippen molar-refractivity contribution in [1.29, 1.82) is 0 Å². The first-order valence-corrected chi connectivity index (χ1v) is 8.39. The van der Waals surface area contributed by atoms with Crippen LogP contribution in [0.1, 0.15) is 57.2 Å². The summed E-state index contributed by atoms with van der Waals surface area (Å²) in [5.74, 6) is 0.404. The lowest BCUT2D eigenvalue weighted by Crippen LogP contribution is -2.33. The highest BCUT2D eigenvalue weighted by molar-refractivity contribution is 9.10. The van der Waals surface area contributed by atoms with E-state index in [2.05, 4.69) is 61.8 Å². The Labute approximate surface area is 135 Å². The summed E-state index contributed by atoms with van der Waals surface area (Å²) in [6.07, 6.45) is 2.40. The minimum atomic E-state index is 0.173. The van der Waals surface area contributed by atoms with Gasteiger partial charge in [-0.1, -0.05) is 49.7 Å². The van der Waals surface area contributed by atoms with E-state index >= 15 is 0 Å². The molecular weight excluding hydrogens is 324 g/mol. The smallest absolute Gasteiger partial charge is 0.127 e. The standard InChI is InChI=1S/C19H23BrO/c1-11-16(20)9-12-8-14-15(10-13(12)17(11)21)19(4,5)7-6-18(14,2)3/h8-10,21H,6-7H2,1-5H3. The normalized spacial score (nSPS) is 19.5. The first kappa shape index (κ1) is 14.9. The van der Waals surface area contributed by atoms with Gasteiger partial charge in [0.05, 0.1) is 0 Å². The third-order valence-electron chi connectivity index (χ3n) is 5.27. The summed E-state index contributed by atoms with van der Waals surface area (Å²) >= 11 is 3.55. The number of phenolic OH excluding ortho intramolecular Hbond substituents is 1. The number of halogens is 1. The number of hydrogen-bond acceptors (Lipinski definition) is 1. The van der Waals surface area contributed by atoms with Crippen molar-refractivity contribution < 1.29 is 5.11 Å². The number of benzene rings is 2. The molecule has 0 amide bonds. The summed E-state index contributed by atoms with van der Waals surface area (Å²) in [5.41, 5.74) is 4.11. The Morgan fingerprint density at radius 1 is 0.952 bits per heavy atom. The average molecular weight is 347 g/mol. The van der Waals surface area contributed by atoms with Gasteiger partial charge in [-0.2, -0.15) is 0 Å². The van der Waals surface area contributed by atoms with Gasteiger partial charge in [0.2, 0.25) is 0 Å². The van der Waals surface area contributed by atoms with Crippen LogP contribution in [-0.2, 0) is 10.8 Å². The second-order valence-corrected chi connectivity index (χ2v) is 8.57. The Hall–Kier alpha value is -1.02. The summed E-state index contributed by atoms with van der Waals surface area (Å²) < 4.78 is 0.973. The Bertz CT molecular complexity index is 741. The lowest BCUT2D eigenvalue weighted by Gasteiger charge is -2.42. The van der Waals surface area contributed by atoms with Crippen molar-refractivity contribution >= 4 is 26.7 Å². The molecule has 0 aromatic heterocycles. The van der Waals surface area contributed by atoms with Gasteiger partial charge < -0.3 is 5.11 Å². The van der Waals surface area contributed by atoms with E-state index in [0.717, 1.165) is 20.8 Å². The summed E-state index contributed by atoms with van der Waals surface area (Å²) in [4.78, 5) is 0. The highest BCUT2D eigenvalue weighted by Gasteiger charge is 2.37. The van der Waals surface area contributed by atoms with Gasteiger partial charge in [-0.3, -0.25) is 0 Å². The molecule has 0 heterocycles. The Balaban J connectivity index is 2.42. The van der Waals surface area contributed by atoms with Gasteiger partial charge in [0.15, 0.2) is 0 Å². The molecule has 1 aliphatic carbocycles. The van der Waals surface area contributed by atoms with Crippen LogP contribution >= 0.6 is 15.9 Å². The molecule has 0 spiro atoms. The molecule has 0 aliphatic heterocycles. The average Bonchev–Trinajstić information content (AvgIpc) is 2.41. The molecular formula is C19H23BrO. The second kappa shape index (κ2) is 4.49. The van der Waals surface area contributed by atoms with Gasteiger partial charge in [-0.15, -0.1) is 0 Å². The van der Waals surface area contributed by atoms with Crippen LogP contribution in [0.5, 0.6) is 5.75 Å². The molecule has 0 saturated heterocycles. The number of hydrogen-bond donors (Lipinski definition) is 1. The Morgan fingerprint density at radius 2 is 1.48 bits per heavy atom. The van der Waals surface area contributed by atoms with E-state index in [4.69, 9.17) is 0 Å². The monoisotopic (exact) mass is 346 g/mol. The third kappa shape index (κ3) is 2.19. The fourth-order valence-corrected chi connectivity index (χ4v) is 3.95. The molecule has 1 aliphatic rings. The molecule has 1 nitrogen and oxygen atoms in total. The van der Waals surface area contributed by atoms with E-state index in [9.17, 15) is 5.11 Å². The molecule has 0 unspecified atom stereocenters. The van der Waals surface area contributed by atoms with Crippen molar-refractivity contribution in [3.8, 4) is 5.75 Å². The Kier molecular flexibility index (Phi) is 3.18. The van der Waals surface area contributed by atoms with Crippen LogP contribution in [0.2, 0.25) is 0 Å². The Morgan fingerprint density at radius 3 is 2.05 bits per heavy atom. The van der Waals surface area contributed by atoms with E-state index in [0.29, 0.717) is 5.75 Å². The number of fused-ring (bicyclic) bond motifs is 2. The zero-order valence-electron chi connectivity index (χ0n) is 13.5. The fraction of sp³-hybridized carbons (Fsp3) is 0.474. The zero-order valence-corrected chi connectivity index (χ0v) is 15.1. The van der Waals surface area contributed by atoms with Crippen LogP contribution in [0.4, 0.5) is 0 Å². The topological polar surface area (TPSA) is 20.2 Å². The largest absolute Gasteiger partial charge is 0.507 e. The molecule has 2 heteroatoms. The van der Waals surface area contributed by atoms with Gasteiger partial charge in [-0.05, 0) is 59.2 Å². The number of aromatic hydroxyl groups is 1. The van der Waals surface area contributed by atoms with Crippen LogP contribution in [0.3, 0.4) is 0 Å². The van der Waals surface area contributed by atoms with Crippen molar-refractivity contribution in [2.75, 3.05) is 0 Å². The maximum atomic E-state index is 10.5. The molecule has 0 saturated carbocycles. The van der Waals surface area contributed by atoms with Crippen LogP contribution in [0.15, 0.2) is 22.7 Å². The van der Waals surface area contributed by atoms with Gasteiger partial charge in [0.25, 0.3) is 0 Å². The first-order chi connectivity index (χ1) is 9.63. The summed E-state index contributed by atoms with van der Waals surface area (Å²) in [6.45, 7) is 11.2. The van der Waals surface area contributed by atoms with Crippen molar-refractivity contribution in [1.82, 2.24) is 0 Å². The van der Waals surface area contributed by atoms with E-state index in [1.807, 2.05) is 6.92 Å². The molecule has 0 atom stereocenters. The van der Waals surface area contributed by atoms with Gasteiger partial charge in [-0.25, -0.2) is 0 Å². The van der Waals surface area contributed by atoms with Crippen LogP contribution in [0, 0.1) is 6.92 Å². The number of phenols is 1. The summed E-state index contributed by atoms with van der Waals surface area (Å²) in [6, 6.07) is 6.64. The van der Waals surface area contributed by atoms with E-state index in [1.54, 1.807) is 0 Å². The summed E-state index contributed by atoms with van der Waals surface area (Å²) in [7, 11) is 0. The van der Waals surface area contributed by atoms with Gasteiger partial charge >= 0.3 is 0 Å². The van der Waals surface area contributed by atoms with Crippen LogP contribution in [0.25, 0.3) is 10.8 Å². The first-order valence-electron chi connectivity index (χ1n) is 7.60. The minimum absolute atomic E-state index is 0.173. The van der Waals surface area contributed by atoms with E-state index in [1.165, 1.54) is 24.0 Å². The van der Waals surface area contributed by atoms with Crippen LogP contribution in [-0.4, -0.2) is 5.11 Å². The predicted octanol–water partition coefficient (Wildman–Crippen LogP) is 5.97. The molecule has 1 N–H and O–H groups in total. The predicted molar refractivity (Wildman–Crippen MR) is 93.3 cm³/mol. The van der Waals surface area contributed by atoms with Gasteiger partial charge in [0, 0.05) is 15.4 Å². The fourth-order valence-electron chi connectivity index (χ4n) is 3.52. The molecule has 2 aromatic rings. The maximum absolute atomic E-state index is 10.5. The number of rotatable bonds is 0. The molecule has 3 rings (SSSR count). The minimum Gasteiger partial charge on any atom is -0.507 e. The molecule has 0 bridgehead atoms. The highest BCUT2D eigenvalue weighted by atomic mass is 79.9. The summed E-state index contributed by atoms with van der Waals surface area (Å²) in [5, 5.41) is 12.6. The van der Waals surface area contributed by atoms with Crippen molar-refractivity contribution in [2.45, 2.75) is 58.3 Å². The van der Waals surface area contributed by atoms with E-state index < -0.39 is 0 Å². The molecule has 112 valence electrons. The van der Waals surface area contributed by atoms with Crippen molar-refractivity contribution in [3.05, 3.63) is 39.4 Å². The molecule has 0 fully saturated rings. The zero-order chi connectivity index (χ0) is 15.6. The highest BCUT2D eigenvalue weighted by Crippen LogP contribution is 2.48.